The summed E-state index contributed by atoms with van der Waals surface area (Å²) in [5, 5.41) is 6.68. The highest BCUT2D eigenvalue weighted by atomic mass is 35.5. The summed E-state index contributed by atoms with van der Waals surface area (Å²) in [5.41, 5.74) is 1.04. The van der Waals surface area contributed by atoms with Crippen LogP contribution in [0.25, 0.3) is 0 Å². The lowest BCUT2D eigenvalue weighted by Gasteiger charge is -2.23. The number of halogens is 1. The first-order valence-corrected chi connectivity index (χ1v) is 9.70. The predicted molar refractivity (Wildman–Crippen MR) is 105 cm³/mol. The molecule has 0 spiro atoms. The molecule has 0 bridgehead atoms. The molecule has 0 aliphatic heterocycles. The molecule has 0 aromatic heterocycles. The molecule has 1 aromatic rings. The number of benzene rings is 1. The van der Waals surface area contributed by atoms with Crippen molar-refractivity contribution in [2.24, 2.45) is 11.8 Å². The Labute approximate surface area is 157 Å². The zero-order valence-corrected chi connectivity index (χ0v) is 17.0. The Morgan fingerprint density at radius 3 is 2.40 bits per heavy atom. The maximum atomic E-state index is 12.0. The lowest BCUT2D eigenvalue weighted by Crippen LogP contribution is -2.46. The normalized spacial score (nSPS) is 13.6. The van der Waals surface area contributed by atoms with E-state index in [4.69, 9.17) is 16.3 Å². The summed E-state index contributed by atoms with van der Waals surface area (Å²) in [4.78, 5) is 12.0. The summed E-state index contributed by atoms with van der Waals surface area (Å²) in [7, 11) is 1.67. The predicted octanol–water partition coefficient (Wildman–Crippen LogP) is 4.41. The molecule has 142 valence electrons. The zero-order chi connectivity index (χ0) is 18.8. The molecule has 0 heterocycles. The topological polar surface area (TPSA) is 50.4 Å². The summed E-state index contributed by atoms with van der Waals surface area (Å²) in [5.74, 6) is 1.56. The van der Waals surface area contributed by atoms with Crippen molar-refractivity contribution in [2.45, 2.75) is 59.5 Å². The molecule has 1 unspecified atom stereocenters. The van der Waals surface area contributed by atoms with Gasteiger partial charge in [0.25, 0.3) is 0 Å². The van der Waals surface area contributed by atoms with Crippen molar-refractivity contribution in [1.82, 2.24) is 10.6 Å². The number of carbonyl (C=O) groups excluding carboxylic acids is 1. The Hall–Kier alpha value is -1.26. The number of hydrogen-bond donors (Lipinski definition) is 2. The maximum Gasteiger partial charge on any atom is 0.237 e. The standard InChI is InChI=1S/C20H33ClN2O2/c1-6-14(4)19(20(24)22-5)23-12-16-9-10-18(17(21)11-16)25-13-15(7-2)8-3/h9-11,14-15,19,23H,6-8,12-13H2,1-5H3,(H,22,24)/t14?,19-/m0/s1. The second kappa shape index (κ2) is 11.4. The van der Waals surface area contributed by atoms with Gasteiger partial charge in [-0.05, 0) is 29.5 Å². The van der Waals surface area contributed by atoms with Crippen molar-refractivity contribution in [3.05, 3.63) is 28.8 Å². The quantitative estimate of drug-likeness (QED) is 0.608. The van der Waals surface area contributed by atoms with Crippen LogP contribution in [0.5, 0.6) is 5.75 Å². The average Bonchev–Trinajstić information content (AvgIpc) is 2.63. The Bertz CT molecular complexity index is 532. The Kier molecular flexibility index (Phi) is 9.91. The molecular weight excluding hydrogens is 336 g/mol. The summed E-state index contributed by atoms with van der Waals surface area (Å²) in [6, 6.07) is 5.62. The zero-order valence-electron chi connectivity index (χ0n) is 16.2. The van der Waals surface area contributed by atoms with Gasteiger partial charge in [-0.2, -0.15) is 0 Å². The van der Waals surface area contributed by atoms with Gasteiger partial charge in [-0.3, -0.25) is 4.79 Å². The van der Waals surface area contributed by atoms with Gasteiger partial charge < -0.3 is 15.4 Å². The minimum atomic E-state index is -0.209. The van der Waals surface area contributed by atoms with E-state index in [9.17, 15) is 4.79 Å². The highest BCUT2D eigenvalue weighted by Gasteiger charge is 2.22. The van der Waals surface area contributed by atoms with E-state index in [-0.39, 0.29) is 17.9 Å². The van der Waals surface area contributed by atoms with Crippen LogP contribution in [0.1, 0.15) is 52.5 Å². The molecular formula is C20H33ClN2O2. The van der Waals surface area contributed by atoms with Crippen LogP contribution < -0.4 is 15.4 Å². The van der Waals surface area contributed by atoms with Crippen molar-refractivity contribution in [1.29, 1.82) is 0 Å². The SMILES string of the molecule is CCC(CC)COc1ccc(CN[C@H](C(=O)NC)C(C)CC)cc1Cl. The van der Waals surface area contributed by atoms with E-state index < -0.39 is 0 Å². The third-order valence-electron chi connectivity index (χ3n) is 4.89. The van der Waals surface area contributed by atoms with E-state index in [1.165, 1.54) is 0 Å². The fraction of sp³-hybridized carbons (Fsp3) is 0.650. The lowest BCUT2D eigenvalue weighted by molar-refractivity contribution is -0.123. The molecule has 0 radical (unpaired) electrons. The highest BCUT2D eigenvalue weighted by Crippen LogP contribution is 2.26. The average molecular weight is 369 g/mol. The first-order valence-electron chi connectivity index (χ1n) is 9.32. The van der Waals surface area contributed by atoms with Gasteiger partial charge in [-0.1, -0.05) is 64.6 Å². The van der Waals surface area contributed by atoms with E-state index in [1.807, 2.05) is 18.2 Å². The number of amides is 1. The van der Waals surface area contributed by atoms with Crippen molar-refractivity contribution >= 4 is 17.5 Å². The van der Waals surface area contributed by atoms with Crippen LogP contribution >= 0.6 is 11.6 Å². The second-order valence-corrected chi connectivity index (χ2v) is 7.02. The van der Waals surface area contributed by atoms with Gasteiger partial charge in [0.2, 0.25) is 5.91 Å². The second-order valence-electron chi connectivity index (χ2n) is 6.62. The van der Waals surface area contributed by atoms with Crippen LogP contribution in [0.15, 0.2) is 18.2 Å². The van der Waals surface area contributed by atoms with Crippen LogP contribution in [0.4, 0.5) is 0 Å². The fourth-order valence-electron chi connectivity index (χ4n) is 2.67. The van der Waals surface area contributed by atoms with Gasteiger partial charge in [0.1, 0.15) is 5.75 Å². The molecule has 4 nitrogen and oxygen atoms in total. The van der Waals surface area contributed by atoms with Crippen molar-refractivity contribution in [3.8, 4) is 5.75 Å². The molecule has 25 heavy (non-hydrogen) atoms. The van der Waals surface area contributed by atoms with Crippen LogP contribution in [0.3, 0.4) is 0 Å². The van der Waals surface area contributed by atoms with Crippen LogP contribution in [-0.4, -0.2) is 25.6 Å². The molecule has 1 aromatic carbocycles. The number of ether oxygens (including phenoxy) is 1. The van der Waals surface area contributed by atoms with Gasteiger partial charge in [0.15, 0.2) is 0 Å². The Balaban J connectivity index is 2.68. The van der Waals surface area contributed by atoms with Crippen molar-refractivity contribution < 1.29 is 9.53 Å². The first-order chi connectivity index (χ1) is 12.0. The highest BCUT2D eigenvalue weighted by molar-refractivity contribution is 6.32. The van der Waals surface area contributed by atoms with E-state index in [2.05, 4.69) is 38.3 Å². The van der Waals surface area contributed by atoms with E-state index in [0.29, 0.717) is 24.1 Å². The number of rotatable bonds is 11. The molecule has 2 atom stereocenters. The monoisotopic (exact) mass is 368 g/mol. The minimum absolute atomic E-state index is 0.0190. The van der Waals surface area contributed by atoms with Crippen molar-refractivity contribution in [3.63, 3.8) is 0 Å². The summed E-state index contributed by atoms with van der Waals surface area (Å²) in [6.45, 7) is 9.80. The maximum absolute atomic E-state index is 12.0. The van der Waals surface area contributed by atoms with Crippen molar-refractivity contribution in [2.75, 3.05) is 13.7 Å². The summed E-state index contributed by atoms with van der Waals surface area (Å²) < 4.78 is 5.86. The smallest absolute Gasteiger partial charge is 0.237 e. The molecule has 2 N–H and O–H groups in total. The van der Waals surface area contributed by atoms with E-state index in [0.717, 1.165) is 30.6 Å². The third kappa shape index (κ3) is 6.87. The largest absolute Gasteiger partial charge is 0.492 e. The Morgan fingerprint density at radius 2 is 1.88 bits per heavy atom. The van der Waals surface area contributed by atoms with Gasteiger partial charge in [-0.15, -0.1) is 0 Å². The first kappa shape index (κ1) is 21.8. The number of hydrogen-bond acceptors (Lipinski definition) is 3. The fourth-order valence-corrected chi connectivity index (χ4v) is 2.93. The molecule has 1 amide bonds. The molecule has 5 heteroatoms. The van der Waals surface area contributed by atoms with Gasteiger partial charge in [-0.25, -0.2) is 0 Å². The molecule has 0 saturated carbocycles. The van der Waals surface area contributed by atoms with Gasteiger partial charge >= 0.3 is 0 Å². The third-order valence-corrected chi connectivity index (χ3v) is 5.19. The van der Waals surface area contributed by atoms with Crippen LogP contribution in [0.2, 0.25) is 5.02 Å². The number of likely N-dealkylation sites (N-methyl/N-ethyl adjacent to an activating group) is 1. The Morgan fingerprint density at radius 1 is 1.20 bits per heavy atom. The van der Waals surface area contributed by atoms with E-state index >= 15 is 0 Å². The molecule has 0 saturated heterocycles. The minimum Gasteiger partial charge on any atom is -0.492 e. The molecule has 1 rings (SSSR count). The van der Waals surface area contributed by atoms with E-state index in [1.54, 1.807) is 7.05 Å². The summed E-state index contributed by atoms with van der Waals surface area (Å²) in [6.07, 6.45) is 3.15. The number of nitrogens with one attached hydrogen (secondary N) is 2. The summed E-state index contributed by atoms with van der Waals surface area (Å²) >= 11 is 6.36. The lowest BCUT2D eigenvalue weighted by atomic mass is 9.98. The van der Waals surface area contributed by atoms with Crippen LogP contribution in [0, 0.1) is 11.8 Å². The number of carbonyl (C=O) groups is 1. The molecule has 0 aliphatic carbocycles. The molecule has 0 aliphatic rings. The van der Waals surface area contributed by atoms with Crippen LogP contribution in [-0.2, 0) is 11.3 Å². The van der Waals surface area contributed by atoms with Gasteiger partial charge in [0, 0.05) is 13.6 Å². The van der Waals surface area contributed by atoms with Gasteiger partial charge in [0.05, 0.1) is 17.7 Å². The molecule has 0 fully saturated rings.